The van der Waals surface area contributed by atoms with Crippen LogP contribution in [0.5, 0.6) is 0 Å². The summed E-state index contributed by atoms with van der Waals surface area (Å²) in [4.78, 5) is 22.1. The van der Waals surface area contributed by atoms with Crippen LogP contribution in [-0.4, -0.2) is 28.0 Å². The van der Waals surface area contributed by atoms with E-state index in [1.54, 1.807) is 11.5 Å². The molecule has 0 unspecified atom stereocenters. The lowest BCUT2D eigenvalue weighted by Gasteiger charge is -2.12. The Morgan fingerprint density at radius 3 is 2.83 bits per heavy atom. The van der Waals surface area contributed by atoms with Crippen LogP contribution in [0, 0.1) is 10.1 Å². The summed E-state index contributed by atoms with van der Waals surface area (Å²) in [6.07, 6.45) is 2.17. The van der Waals surface area contributed by atoms with Gasteiger partial charge in [-0.15, -0.1) is 0 Å². The molecule has 1 atom stereocenters. The van der Waals surface area contributed by atoms with E-state index in [4.69, 9.17) is 5.73 Å². The molecule has 0 aliphatic rings. The lowest BCUT2D eigenvalue weighted by Crippen LogP contribution is -2.38. The Morgan fingerprint density at radius 1 is 1.67 bits per heavy atom. The lowest BCUT2D eigenvalue weighted by atomic mass is 10.3. The van der Waals surface area contributed by atoms with Crippen LogP contribution in [0.2, 0.25) is 0 Å². The Kier molecular flexibility index (Phi) is 4.85. The first-order valence-corrected chi connectivity index (χ1v) is 5.85. The van der Waals surface area contributed by atoms with Crippen molar-refractivity contribution in [3.8, 4) is 0 Å². The number of nitro groups is 1. The smallest absolute Gasteiger partial charge is 0.287 e. The SMILES string of the molecule is CCCn1cc([N+](=O)[O-])cc1C(=O)N[C@H](C)CN. The van der Waals surface area contributed by atoms with Gasteiger partial charge in [0.25, 0.3) is 11.6 Å². The highest BCUT2D eigenvalue weighted by Crippen LogP contribution is 2.17. The second-order valence-electron chi connectivity index (χ2n) is 4.14. The van der Waals surface area contributed by atoms with E-state index in [2.05, 4.69) is 5.32 Å². The van der Waals surface area contributed by atoms with Crippen molar-refractivity contribution >= 4 is 11.6 Å². The second kappa shape index (κ2) is 6.15. The molecule has 0 fully saturated rings. The largest absolute Gasteiger partial charge is 0.347 e. The zero-order chi connectivity index (χ0) is 13.7. The molecular formula is C11H18N4O3. The van der Waals surface area contributed by atoms with E-state index >= 15 is 0 Å². The number of aryl methyl sites for hydroxylation is 1. The quantitative estimate of drug-likeness (QED) is 0.581. The average molecular weight is 254 g/mol. The van der Waals surface area contributed by atoms with E-state index < -0.39 is 4.92 Å². The van der Waals surface area contributed by atoms with Crippen molar-refractivity contribution in [3.63, 3.8) is 0 Å². The summed E-state index contributed by atoms with van der Waals surface area (Å²) in [5, 5.41) is 13.4. The summed E-state index contributed by atoms with van der Waals surface area (Å²) in [6.45, 7) is 4.60. The van der Waals surface area contributed by atoms with Crippen LogP contribution in [0.3, 0.4) is 0 Å². The predicted octanol–water partition coefficient (Wildman–Crippen LogP) is 0.883. The van der Waals surface area contributed by atoms with Gasteiger partial charge in [0.15, 0.2) is 0 Å². The minimum Gasteiger partial charge on any atom is -0.347 e. The molecule has 18 heavy (non-hydrogen) atoms. The number of nitrogens with two attached hydrogens (primary N) is 1. The molecule has 0 spiro atoms. The van der Waals surface area contributed by atoms with Crippen LogP contribution in [0.4, 0.5) is 5.69 Å². The highest BCUT2D eigenvalue weighted by molar-refractivity contribution is 5.93. The Labute approximate surface area is 105 Å². The molecule has 0 aromatic carbocycles. The van der Waals surface area contributed by atoms with Crippen molar-refractivity contribution in [2.75, 3.05) is 6.54 Å². The fourth-order valence-electron chi connectivity index (χ4n) is 1.57. The third kappa shape index (κ3) is 3.30. The van der Waals surface area contributed by atoms with E-state index in [-0.39, 0.29) is 17.6 Å². The fourth-order valence-corrected chi connectivity index (χ4v) is 1.57. The normalized spacial score (nSPS) is 12.2. The van der Waals surface area contributed by atoms with E-state index in [1.807, 2.05) is 6.92 Å². The molecular weight excluding hydrogens is 236 g/mol. The molecule has 0 radical (unpaired) electrons. The van der Waals surface area contributed by atoms with E-state index in [9.17, 15) is 14.9 Å². The first-order valence-electron chi connectivity index (χ1n) is 5.85. The molecule has 3 N–H and O–H groups in total. The van der Waals surface area contributed by atoms with Gasteiger partial charge >= 0.3 is 0 Å². The molecule has 1 amide bonds. The first-order chi connectivity index (χ1) is 8.49. The Hall–Kier alpha value is -1.89. The maximum atomic E-state index is 11.9. The second-order valence-corrected chi connectivity index (χ2v) is 4.14. The standard InChI is InChI=1S/C11H18N4O3/c1-3-4-14-7-9(15(17)18)5-10(14)11(16)13-8(2)6-12/h5,7-8H,3-4,6,12H2,1-2H3,(H,13,16)/t8-/m1/s1. The zero-order valence-corrected chi connectivity index (χ0v) is 10.5. The van der Waals surface area contributed by atoms with Crippen LogP contribution < -0.4 is 11.1 Å². The minimum absolute atomic E-state index is 0.0750. The number of aromatic nitrogens is 1. The topological polar surface area (TPSA) is 103 Å². The zero-order valence-electron chi connectivity index (χ0n) is 10.5. The molecule has 0 aliphatic carbocycles. The maximum absolute atomic E-state index is 11.9. The fraction of sp³-hybridized carbons (Fsp3) is 0.545. The summed E-state index contributed by atoms with van der Waals surface area (Å²) in [7, 11) is 0. The number of nitrogens with one attached hydrogen (secondary N) is 1. The Bertz CT molecular complexity index is 441. The summed E-state index contributed by atoms with van der Waals surface area (Å²) in [6, 6.07) is 1.12. The van der Waals surface area contributed by atoms with E-state index in [0.29, 0.717) is 18.8 Å². The molecule has 0 saturated carbocycles. The number of amides is 1. The van der Waals surface area contributed by atoms with Crippen molar-refractivity contribution in [1.29, 1.82) is 0 Å². The van der Waals surface area contributed by atoms with Crippen molar-refractivity contribution < 1.29 is 9.72 Å². The maximum Gasteiger partial charge on any atom is 0.287 e. The number of hydrogen-bond donors (Lipinski definition) is 2. The number of carbonyl (C=O) groups excluding carboxylic acids is 1. The number of nitrogens with zero attached hydrogens (tertiary/aromatic N) is 2. The predicted molar refractivity (Wildman–Crippen MR) is 67.4 cm³/mol. The van der Waals surface area contributed by atoms with Gasteiger partial charge < -0.3 is 15.6 Å². The number of hydrogen-bond acceptors (Lipinski definition) is 4. The van der Waals surface area contributed by atoms with Crippen LogP contribution in [0.15, 0.2) is 12.3 Å². The summed E-state index contributed by atoms with van der Waals surface area (Å²) >= 11 is 0. The third-order valence-corrected chi connectivity index (χ3v) is 2.52. The van der Waals surface area contributed by atoms with Gasteiger partial charge in [0.05, 0.1) is 11.1 Å². The van der Waals surface area contributed by atoms with Gasteiger partial charge in [0.1, 0.15) is 5.69 Å². The highest BCUT2D eigenvalue weighted by Gasteiger charge is 2.19. The lowest BCUT2D eigenvalue weighted by molar-refractivity contribution is -0.384. The van der Waals surface area contributed by atoms with E-state index in [0.717, 1.165) is 6.42 Å². The van der Waals surface area contributed by atoms with E-state index in [1.165, 1.54) is 12.3 Å². The molecule has 1 aromatic heterocycles. The van der Waals surface area contributed by atoms with Gasteiger partial charge in [-0.25, -0.2) is 0 Å². The van der Waals surface area contributed by atoms with Crippen LogP contribution in [0.1, 0.15) is 30.8 Å². The van der Waals surface area contributed by atoms with Gasteiger partial charge in [-0.3, -0.25) is 14.9 Å². The Balaban J connectivity index is 2.97. The molecule has 1 aromatic rings. The van der Waals surface area contributed by atoms with Crippen molar-refractivity contribution in [1.82, 2.24) is 9.88 Å². The van der Waals surface area contributed by atoms with Crippen molar-refractivity contribution in [2.24, 2.45) is 5.73 Å². The minimum atomic E-state index is -0.505. The van der Waals surface area contributed by atoms with Gasteiger partial charge in [-0.1, -0.05) is 6.92 Å². The number of carbonyl (C=O) groups is 1. The third-order valence-electron chi connectivity index (χ3n) is 2.52. The molecule has 1 heterocycles. The van der Waals surface area contributed by atoms with Crippen molar-refractivity contribution in [2.45, 2.75) is 32.9 Å². The Morgan fingerprint density at radius 2 is 2.33 bits per heavy atom. The molecule has 0 aliphatic heterocycles. The van der Waals surface area contributed by atoms with Gasteiger partial charge in [0.2, 0.25) is 0 Å². The summed E-state index contributed by atoms with van der Waals surface area (Å²) in [5.74, 6) is -0.338. The molecule has 0 saturated heterocycles. The van der Waals surface area contributed by atoms with Crippen LogP contribution >= 0.6 is 0 Å². The number of rotatable bonds is 6. The van der Waals surface area contributed by atoms with Crippen LogP contribution in [-0.2, 0) is 6.54 Å². The van der Waals surface area contributed by atoms with Crippen molar-refractivity contribution in [3.05, 3.63) is 28.1 Å². The molecule has 0 bridgehead atoms. The van der Waals surface area contributed by atoms with Gasteiger partial charge in [0, 0.05) is 25.2 Å². The summed E-state index contributed by atoms with van der Waals surface area (Å²) < 4.78 is 1.59. The monoisotopic (exact) mass is 254 g/mol. The molecule has 1 rings (SSSR count). The highest BCUT2D eigenvalue weighted by atomic mass is 16.6. The average Bonchev–Trinajstić information content (AvgIpc) is 2.73. The molecule has 100 valence electrons. The summed E-state index contributed by atoms with van der Waals surface area (Å²) in [5.41, 5.74) is 5.64. The van der Waals surface area contributed by atoms with Gasteiger partial charge in [-0.2, -0.15) is 0 Å². The molecule has 7 nitrogen and oxygen atoms in total. The van der Waals surface area contributed by atoms with Crippen LogP contribution in [0.25, 0.3) is 0 Å². The van der Waals surface area contributed by atoms with Gasteiger partial charge in [-0.05, 0) is 13.3 Å². The molecule has 7 heteroatoms. The first kappa shape index (κ1) is 14.2.